The first-order chi connectivity index (χ1) is 9.15. The predicted octanol–water partition coefficient (Wildman–Crippen LogP) is 2.82. The fraction of sp³-hybridized carbons (Fsp3) is 0.286. The zero-order chi connectivity index (χ0) is 13.4. The number of hydrogen-bond acceptors (Lipinski definition) is 3. The Hall–Kier alpha value is -2.17. The van der Waals surface area contributed by atoms with E-state index < -0.39 is 0 Å². The van der Waals surface area contributed by atoms with Gasteiger partial charge in [0, 0.05) is 24.5 Å². The molecule has 1 aliphatic rings. The fourth-order valence-electron chi connectivity index (χ4n) is 1.87. The van der Waals surface area contributed by atoms with Crippen molar-refractivity contribution < 1.29 is 9.13 Å². The van der Waals surface area contributed by atoms with Crippen LogP contribution in [0.4, 0.5) is 4.39 Å². The lowest BCUT2D eigenvalue weighted by atomic mass is 10.2. The molecule has 1 saturated carbocycles. The van der Waals surface area contributed by atoms with E-state index in [4.69, 9.17) is 4.74 Å². The highest BCUT2D eigenvalue weighted by Crippen LogP contribution is 2.33. The molecule has 4 nitrogen and oxygen atoms in total. The molecule has 5 heteroatoms. The second-order valence-corrected chi connectivity index (χ2v) is 4.69. The molecule has 0 amide bonds. The smallest absolute Gasteiger partial charge is 0.313 e. The van der Waals surface area contributed by atoms with Gasteiger partial charge in [-0.25, -0.2) is 9.37 Å². The molecule has 0 bridgehead atoms. The molecule has 2 aromatic rings. The molecule has 0 saturated heterocycles. The Bertz CT molecular complexity index is 677. The van der Waals surface area contributed by atoms with Gasteiger partial charge in [-0.1, -0.05) is 6.07 Å². The van der Waals surface area contributed by atoms with Gasteiger partial charge < -0.3 is 9.30 Å². The summed E-state index contributed by atoms with van der Waals surface area (Å²) in [5.41, 5.74) is 0.259. The molecule has 0 unspecified atom stereocenters. The first kappa shape index (κ1) is 11.9. The van der Waals surface area contributed by atoms with Crippen LogP contribution >= 0.6 is 0 Å². The number of nitrogens with zero attached hydrogens (tertiary/aromatic N) is 2. The van der Waals surface area contributed by atoms with E-state index in [1.165, 1.54) is 12.3 Å². The molecule has 0 atom stereocenters. The number of aromatic nitrogens is 2. The second kappa shape index (κ2) is 4.50. The molecular formula is C14H13FN2O2. The molecule has 3 rings (SSSR count). The largest absolute Gasteiger partial charge is 0.435 e. The molecular weight excluding hydrogens is 247 g/mol. The quantitative estimate of drug-likeness (QED) is 0.852. The van der Waals surface area contributed by atoms with Crippen LogP contribution in [0.15, 0.2) is 35.4 Å². The van der Waals surface area contributed by atoms with Gasteiger partial charge in [-0.2, -0.15) is 0 Å². The van der Waals surface area contributed by atoms with Crippen molar-refractivity contribution in [2.24, 2.45) is 0 Å². The molecule has 1 aromatic carbocycles. The van der Waals surface area contributed by atoms with Crippen LogP contribution in [0.1, 0.15) is 24.4 Å². The van der Waals surface area contributed by atoms with E-state index in [9.17, 15) is 9.18 Å². The molecule has 1 heterocycles. The first-order valence-corrected chi connectivity index (χ1v) is 6.16. The van der Waals surface area contributed by atoms with Crippen molar-refractivity contribution in [1.29, 1.82) is 0 Å². The molecule has 0 spiro atoms. The maximum absolute atomic E-state index is 13.4. The lowest BCUT2D eigenvalue weighted by Gasteiger charge is -2.07. The zero-order valence-corrected chi connectivity index (χ0v) is 10.5. The number of halogens is 1. The Kier molecular flexibility index (Phi) is 2.81. The van der Waals surface area contributed by atoms with Crippen LogP contribution in [0, 0.1) is 12.7 Å². The van der Waals surface area contributed by atoms with Crippen LogP contribution in [0.5, 0.6) is 11.6 Å². The van der Waals surface area contributed by atoms with E-state index in [-0.39, 0.29) is 29.0 Å². The van der Waals surface area contributed by atoms with Gasteiger partial charge in [-0.05, 0) is 31.4 Å². The molecule has 98 valence electrons. The number of ether oxygens (including phenoxy) is 1. The van der Waals surface area contributed by atoms with Crippen molar-refractivity contribution in [3.63, 3.8) is 0 Å². The van der Waals surface area contributed by atoms with Crippen molar-refractivity contribution in [3.8, 4) is 11.6 Å². The van der Waals surface area contributed by atoms with E-state index in [2.05, 4.69) is 4.98 Å². The molecule has 0 N–H and O–H groups in total. The van der Waals surface area contributed by atoms with Gasteiger partial charge in [0.15, 0.2) is 0 Å². The standard InChI is InChI=1S/C14H13FN2O2/c1-9-2-5-11(8-12(9)15)19-13-14(18)17(7-6-16-13)10-3-4-10/h2,5-8,10H,3-4H2,1H3. The van der Waals surface area contributed by atoms with Crippen LogP contribution in [0.2, 0.25) is 0 Å². The average molecular weight is 260 g/mol. The van der Waals surface area contributed by atoms with Gasteiger partial charge in [0.05, 0.1) is 0 Å². The Morgan fingerprint density at radius 3 is 2.89 bits per heavy atom. The summed E-state index contributed by atoms with van der Waals surface area (Å²) >= 11 is 0. The summed E-state index contributed by atoms with van der Waals surface area (Å²) in [6.07, 6.45) is 5.19. The third-order valence-electron chi connectivity index (χ3n) is 3.13. The molecule has 1 aromatic heterocycles. The topological polar surface area (TPSA) is 44.1 Å². The summed E-state index contributed by atoms with van der Waals surface area (Å²) < 4.78 is 20.4. The Morgan fingerprint density at radius 2 is 2.21 bits per heavy atom. The number of hydrogen-bond donors (Lipinski definition) is 0. The monoisotopic (exact) mass is 260 g/mol. The van der Waals surface area contributed by atoms with Crippen molar-refractivity contribution in [1.82, 2.24) is 9.55 Å². The normalized spacial score (nSPS) is 14.4. The van der Waals surface area contributed by atoms with Crippen molar-refractivity contribution in [2.45, 2.75) is 25.8 Å². The van der Waals surface area contributed by atoms with Crippen molar-refractivity contribution in [2.75, 3.05) is 0 Å². The number of benzene rings is 1. The lowest BCUT2D eigenvalue weighted by molar-refractivity contribution is 0.440. The highest BCUT2D eigenvalue weighted by Gasteiger charge is 2.25. The number of rotatable bonds is 3. The van der Waals surface area contributed by atoms with Gasteiger partial charge in [0.1, 0.15) is 11.6 Å². The molecule has 1 fully saturated rings. The highest BCUT2D eigenvalue weighted by atomic mass is 19.1. The fourth-order valence-corrected chi connectivity index (χ4v) is 1.87. The van der Waals surface area contributed by atoms with E-state index >= 15 is 0 Å². The molecule has 0 aliphatic heterocycles. The van der Waals surface area contributed by atoms with Gasteiger partial charge in [-0.15, -0.1) is 0 Å². The van der Waals surface area contributed by atoms with Gasteiger partial charge >= 0.3 is 5.56 Å². The Balaban J connectivity index is 1.92. The zero-order valence-electron chi connectivity index (χ0n) is 10.5. The lowest BCUT2D eigenvalue weighted by Crippen LogP contribution is -2.20. The van der Waals surface area contributed by atoms with E-state index in [0.29, 0.717) is 5.56 Å². The van der Waals surface area contributed by atoms with E-state index in [1.807, 2.05) is 0 Å². The van der Waals surface area contributed by atoms with Crippen molar-refractivity contribution in [3.05, 3.63) is 52.3 Å². The average Bonchev–Trinajstić information content (AvgIpc) is 3.21. The van der Waals surface area contributed by atoms with Crippen LogP contribution in [0.3, 0.4) is 0 Å². The highest BCUT2D eigenvalue weighted by molar-refractivity contribution is 5.30. The Morgan fingerprint density at radius 1 is 1.42 bits per heavy atom. The minimum atomic E-state index is -0.365. The summed E-state index contributed by atoms with van der Waals surface area (Å²) in [6, 6.07) is 4.74. The molecule has 0 radical (unpaired) electrons. The van der Waals surface area contributed by atoms with Gasteiger partial charge in [0.2, 0.25) is 0 Å². The SMILES string of the molecule is Cc1ccc(Oc2nccn(C3CC3)c2=O)cc1F. The molecule has 1 aliphatic carbocycles. The third kappa shape index (κ3) is 2.36. The van der Waals surface area contributed by atoms with Crippen LogP contribution in [-0.4, -0.2) is 9.55 Å². The summed E-state index contributed by atoms with van der Waals surface area (Å²) in [5, 5.41) is 0. The first-order valence-electron chi connectivity index (χ1n) is 6.16. The van der Waals surface area contributed by atoms with Crippen LogP contribution in [0.25, 0.3) is 0 Å². The van der Waals surface area contributed by atoms with Crippen LogP contribution < -0.4 is 10.3 Å². The van der Waals surface area contributed by atoms with Crippen LogP contribution in [-0.2, 0) is 0 Å². The predicted molar refractivity (Wildman–Crippen MR) is 68.0 cm³/mol. The summed E-state index contributed by atoms with van der Waals surface area (Å²) in [7, 11) is 0. The maximum atomic E-state index is 13.4. The second-order valence-electron chi connectivity index (χ2n) is 4.69. The summed E-state index contributed by atoms with van der Waals surface area (Å²) in [5.74, 6) is -0.102. The summed E-state index contributed by atoms with van der Waals surface area (Å²) in [6.45, 7) is 1.67. The molecule has 19 heavy (non-hydrogen) atoms. The maximum Gasteiger partial charge on any atom is 0.313 e. The van der Waals surface area contributed by atoms with Gasteiger partial charge in [0.25, 0.3) is 5.88 Å². The van der Waals surface area contributed by atoms with E-state index in [0.717, 1.165) is 12.8 Å². The Labute approximate surface area is 109 Å². The van der Waals surface area contributed by atoms with Crippen molar-refractivity contribution >= 4 is 0 Å². The van der Waals surface area contributed by atoms with E-state index in [1.54, 1.807) is 29.8 Å². The third-order valence-corrected chi connectivity index (χ3v) is 3.13. The minimum Gasteiger partial charge on any atom is -0.435 e. The minimum absolute atomic E-state index is 0.0161. The number of aryl methyl sites for hydroxylation is 1. The summed E-state index contributed by atoms with van der Waals surface area (Å²) in [4.78, 5) is 16.0. The van der Waals surface area contributed by atoms with Gasteiger partial charge in [-0.3, -0.25) is 4.79 Å².